The van der Waals surface area contributed by atoms with Crippen LogP contribution in [0.2, 0.25) is 0 Å². The molecule has 0 radical (unpaired) electrons. The summed E-state index contributed by atoms with van der Waals surface area (Å²) < 4.78 is 0. The molecule has 0 bridgehead atoms. The van der Waals surface area contributed by atoms with E-state index in [1.165, 1.54) is 23.7 Å². The van der Waals surface area contributed by atoms with Gasteiger partial charge in [0.25, 0.3) is 11.8 Å². The molecule has 108 valence electrons. The number of rotatable bonds is 3. The number of anilines is 1. The second kappa shape index (κ2) is 6.06. The van der Waals surface area contributed by atoms with Crippen molar-refractivity contribution in [3.8, 4) is 5.75 Å². The van der Waals surface area contributed by atoms with Gasteiger partial charge in [0.1, 0.15) is 5.75 Å². The molecule has 4 N–H and O–H groups in total. The van der Waals surface area contributed by atoms with E-state index in [0.717, 1.165) is 5.56 Å². The van der Waals surface area contributed by atoms with Crippen LogP contribution in [0, 0.1) is 6.92 Å². The summed E-state index contributed by atoms with van der Waals surface area (Å²) in [5.74, 6) is -1.41. The molecule has 0 spiro atoms. The lowest BCUT2D eigenvalue weighted by molar-refractivity contribution is 0.0703. The molecule has 0 saturated heterocycles. The van der Waals surface area contributed by atoms with Gasteiger partial charge in [0.2, 0.25) is 0 Å². The first-order chi connectivity index (χ1) is 10.0. The summed E-state index contributed by atoms with van der Waals surface area (Å²) in [4.78, 5) is 23.8. The van der Waals surface area contributed by atoms with Gasteiger partial charge in [-0.2, -0.15) is 0 Å². The first-order valence-electron chi connectivity index (χ1n) is 6.17. The van der Waals surface area contributed by atoms with Crippen LogP contribution in [0.1, 0.15) is 26.3 Å². The quantitative estimate of drug-likeness (QED) is 0.394. The first-order valence-corrected chi connectivity index (χ1v) is 6.17. The van der Waals surface area contributed by atoms with Crippen LogP contribution in [0.5, 0.6) is 5.75 Å². The van der Waals surface area contributed by atoms with E-state index in [9.17, 15) is 14.7 Å². The molecule has 0 unspecified atom stereocenters. The van der Waals surface area contributed by atoms with Crippen molar-refractivity contribution in [1.29, 1.82) is 0 Å². The number of hydroxylamine groups is 1. The number of phenolic OH excluding ortho intramolecular Hbond substituents is 1. The molecule has 0 aliphatic rings. The molecular weight excluding hydrogens is 272 g/mol. The van der Waals surface area contributed by atoms with Crippen molar-refractivity contribution in [2.45, 2.75) is 6.92 Å². The summed E-state index contributed by atoms with van der Waals surface area (Å²) in [6.07, 6.45) is 0. The number of amides is 2. The average Bonchev–Trinajstić information content (AvgIpc) is 2.50. The van der Waals surface area contributed by atoms with Crippen molar-refractivity contribution in [3.05, 3.63) is 59.2 Å². The molecule has 0 aromatic heterocycles. The Kier molecular flexibility index (Phi) is 4.20. The van der Waals surface area contributed by atoms with Crippen molar-refractivity contribution in [1.82, 2.24) is 5.48 Å². The second-order valence-electron chi connectivity index (χ2n) is 4.46. The standard InChI is InChI=1S/C15H14N2O4/c1-9-6-7-13(18)12(8-9)16-14(19)10-4-2-3-5-11(10)15(20)17-21/h2-8,18,21H,1H3,(H,16,19)(H,17,20). The van der Waals surface area contributed by atoms with Gasteiger partial charge in [-0.05, 0) is 36.8 Å². The van der Waals surface area contributed by atoms with Crippen molar-refractivity contribution in [3.63, 3.8) is 0 Å². The number of nitrogens with one attached hydrogen (secondary N) is 2. The molecule has 2 amide bonds. The molecule has 0 atom stereocenters. The zero-order valence-corrected chi connectivity index (χ0v) is 11.3. The Morgan fingerprint density at radius 2 is 1.62 bits per heavy atom. The summed E-state index contributed by atoms with van der Waals surface area (Å²) in [6, 6.07) is 10.8. The number of aryl methyl sites for hydroxylation is 1. The largest absolute Gasteiger partial charge is 0.506 e. The minimum atomic E-state index is -0.783. The molecule has 0 fully saturated rings. The molecule has 0 saturated carbocycles. The number of hydrogen-bond donors (Lipinski definition) is 4. The zero-order valence-electron chi connectivity index (χ0n) is 11.3. The molecule has 0 aliphatic carbocycles. The topological polar surface area (TPSA) is 98.7 Å². The third-order valence-corrected chi connectivity index (χ3v) is 2.92. The number of benzene rings is 2. The molecular formula is C15H14N2O4. The molecule has 6 nitrogen and oxygen atoms in total. The fourth-order valence-corrected chi connectivity index (χ4v) is 1.88. The monoisotopic (exact) mass is 286 g/mol. The van der Waals surface area contributed by atoms with Gasteiger partial charge in [-0.3, -0.25) is 14.8 Å². The minimum Gasteiger partial charge on any atom is -0.506 e. The van der Waals surface area contributed by atoms with Crippen molar-refractivity contribution >= 4 is 17.5 Å². The smallest absolute Gasteiger partial charge is 0.275 e. The van der Waals surface area contributed by atoms with Gasteiger partial charge >= 0.3 is 0 Å². The van der Waals surface area contributed by atoms with Crippen LogP contribution in [-0.4, -0.2) is 22.1 Å². The van der Waals surface area contributed by atoms with E-state index in [0.29, 0.717) is 0 Å². The lowest BCUT2D eigenvalue weighted by Gasteiger charge is -2.10. The maximum Gasteiger partial charge on any atom is 0.275 e. The predicted molar refractivity (Wildman–Crippen MR) is 76.5 cm³/mol. The molecule has 0 aliphatic heterocycles. The van der Waals surface area contributed by atoms with E-state index in [-0.39, 0.29) is 22.6 Å². The van der Waals surface area contributed by atoms with Crippen LogP contribution in [0.4, 0.5) is 5.69 Å². The molecule has 0 heterocycles. The summed E-state index contributed by atoms with van der Waals surface area (Å²) in [6.45, 7) is 1.82. The van der Waals surface area contributed by atoms with Crippen LogP contribution in [0.25, 0.3) is 0 Å². The number of carbonyl (C=O) groups excluding carboxylic acids is 2. The molecule has 21 heavy (non-hydrogen) atoms. The fraction of sp³-hybridized carbons (Fsp3) is 0.0667. The van der Waals surface area contributed by atoms with Gasteiger partial charge < -0.3 is 10.4 Å². The maximum atomic E-state index is 12.2. The fourth-order valence-electron chi connectivity index (χ4n) is 1.88. The molecule has 2 aromatic carbocycles. The van der Waals surface area contributed by atoms with Gasteiger partial charge in [0, 0.05) is 0 Å². The summed E-state index contributed by atoms with van der Waals surface area (Å²) in [5, 5.41) is 21.0. The summed E-state index contributed by atoms with van der Waals surface area (Å²) in [5.41, 5.74) is 2.73. The number of phenols is 1. The highest BCUT2D eigenvalue weighted by atomic mass is 16.5. The van der Waals surface area contributed by atoms with Gasteiger partial charge in [-0.1, -0.05) is 18.2 Å². The van der Waals surface area contributed by atoms with E-state index < -0.39 is 11.8 Å². The first kappa shape index (κ1) is 14.5. The van der Waals surface area contributed by atoms with Crippen molar-refractivity contribution in [2.75, 3.05) is 5.32 Å². The summed E-state index contributed by atoms with van der Waals surface area (Å²) >= 11 is 0. The Bertz CT molecular complexity index is 698. The van der Waals surface area contributed by atoms with E-state index in [1.54, 1.807) is 24.3 Å². The highest BCUT2D eigenvalue weighted by Gasteiger charge is 2.17. The van der Waals surface area contributed by atoms with Crippen LogP contribution in [0.15, 0.2) is 42.5 Å². The Morgan fingerprint density at radius 1 is 1.00 bits per heavy atom. The maximum absolute atomic E-state index is 12.2. The van der Waals surface area contributed by atoms with E-state index in [2.05, 4.69) is 5.32 Å². The number of hydrogen-bond acceptors (Lipinski definition) is 4. The van der Waals surface area contributed by atoms with Crippen LogP contribution in [0.3, 0.4) is 0 Å². The summed E-state index contributed by atoms with van der Waals surface area (Å²) in [7, 11) is 0. The van der Waals surface area contributed by atoms with Crippen molar-refractivity contribution < 1.29 is 19.9 Å². The molecule has 6 heteroatoms. The Labute approximate surface area is 121 Å². The third kappa shape index (κ3) is 3.18. The van der Waals surface area contributed by atoms with E-state index in [4.69, 9.17) is 5.21 Å². The van der Waals surface area contributed by atoms with E-state index in [1.807, 2.05) is 6.92 Å². The third-order valence-electron chi connectivity index (χ3n) is 2.92. The van der Waals surface area contributed by atoms with E-state index >= 15 is 0 Å². The van der Waals surface area contributed by atoms with Gasteiger partial charge in [0.05, 0.1) is 16.8 Å². The highest BCUT2D eigenvalue weighted by molar-refractivity contribution is 6.12. The van der Waals surface area contributed by atoms with Gasteiger partial charge in [-0.15, -0.1) is 0 Å². The lowest BCUT2D eigenvalue weighted by Crippen LogP contribution is -2.23. The SMILES string of the molecule is Cc1ccc(O)c(NC(=O)c2ccccc2C(=O)NO)c1. The zero-order chi connectivity index (χ0) is 15.4. The number of aromatic hydroxyl groups is 1. The van der Waals surface area contributed by atoms with Gasteiger partial charge in [0.15, 0.2) is 0 Å². The molecule has 2 aromatic rings. The second-order valence-corrected chi connectivity index (χ2v) is 4.46. The van der Waals surface area contributed by atoms with Gasteiger partial charge in [-0.25, -0.2) is 5.48 Å². The Balaban J connectivity index is 2.33. The highest BCUT2D eigenvalue weighted by Crippen LogP contribution is 2.24. The molecule has 2 rings (SSSR count). The van der Waals surface area contributed by atoms with Crippen LogP contribution >= 0.6 is 0 Å². The number of carbonyl (C=O) groups is 2. The predicted octanol–water partition coefficient (Wildman–Crippen LogP) is 2.07. The average molecular weight is 286 g/mol. The van der Waals surface area contributed by atoms with Crippen LogP contribution in [-0.2, 0) is 0 Å². The Morgan fingerprint density at radius 3 is 2.24 bits per heavy atom. The van der Waals surface area contributed by atoms with Crippen LogP contribution < -0.4 is 10.8 Å². The normalized spacial score (nSPS) is 10.0. The lowest BCUT2D eigenvalue weighted by atomic mass is 10.1. The minimum absolute atomic E-state index is 0.0321. The Hall–Kier alpha value is -2.86. The van der Waals surface area contributed by atoms with Crippen molar-refractivity contribution in [2.24, 2.45) is 0 Å².